The molecule has 1 heterocycles. The molecule has 1 aromatic heterocycles. The van der Waals surface area contributed by atoms with E-state index < -0.39 is 10.4 Å². The summed E-state index contributed by atoms with van der Waals surface area (Å²) in [7, 11) is -4.59. The van der Waals surface area contributed by atoms with Crippen LogP contribution in [0.2, 0.25) is 0 Å². The number of halogens is 3. The van der Waals surface area contributed by atoms with Crippen molar-refractivity contribution in [2.45, 2.75) is 0 Å². The highest BCUT2D eigenvalue weighted by molar-refractivity contribution is 9.13. The van der Waals surface area contributed by atoms with Crippen molar-refractivity contribution in [2.24, 2.45) is 0 Å². The summed E-state index contributed by atoms with van der Waals surface area (Å²) in [6.07, 6.45) is 7.78. The van der Waals surface area contributed by atoms with Gasteiger partial charge in [-0.3, -0.25) is 9.35 Å². The minimum atomic E-state index is -4.59. The van der Waals surface area contributed by atoms with Gasteiger partial charge in [0.25, 0.3) is 0 Å². The molecule has 1 amide bonds. The van der Waals surface area contributed by atoms with E-state index in [4.69, 9.17) is 4.55 Å². The van der Waals surface area contributed by atoms with Crippen LogP contribution in [-0.2, 0) is 15.2 Å². The van der Waals surface area contributed by atoms with Crippen LogP contribution in [0.25, 0.3) is 12.2 Å². The molecule has 0 radical (unpaired) electrons. The summed E-state index contributed by atoms with van der Waals surface area (Å²) in [4.78, 5) is 14.8. The molecule has 0 unspecified atom stereocenters. The van der Waals surface area contributed by atoms with E-state index in [1.165, 1.54) is 18.3 Å². The van der Waals surface area contributed by atoms with Gasteiger partial charge >= 0.3 is 10.4 Å². The molecule has 7 nitrogen and oxygen atoms in total. The van der Waals surface area contributed by atoms with E-state index >= 15 is 0 Å². The van der Waals surface area contributed by atoms with Crippen molar-refractivity contribution in [1.29, 1.82) is 0 Å². The Morgan fingerprint density at radius 3 is 2.50 bits per heavy atom. The zero-order chi connectivity index (χ0) is 19.3. The number of aromatic amines is 1. The van der Waals surface area contributed by atoms with Gasteiger partial charge in [-0.15, -0.1) is 0 Å². The summed E-state index contributed by atoms with van der Waals surface area (Å²) in [5.74, 6) is -0.386. The fourth-order valence-corrected chi connectivity index (χ4v) is 3.39. The molecule has 0 aliphatic rings. The summed E-state index contributed by atoms with van der Waals surface area (Å²) < 4.78 is 36.5. The van der Waals surface area contributed by atoms with E-state index in [1.807, 2.05) is 0 Å². The van der Waals surface area contributed by atoms with Crippen molar-refractivity contribution >= 4 is 76.2 Å². The largest absolute Gasteiger partial charge is 0.446 e. The number of carbonyl (C=O) groups excluding carboxylic acids is 1. The molecule has 0 spiro atoms. The van der Waals surface area contributed by atoms with Gasteiger partial charge < -0.3 is 14.5 Å². The summed E-state index contributed by atoms with van der Waals surface area (Å²) in [6, 6.07) is 4.48. The SMILES string of the molecule is O=C(/C=C/c1[nH]cc(Br)c1Br)N/C=C/c1ccc(OS(=O)(=O)O)c(Br)c1. The Morgan fingerprint density at radius 1 is 1.19 bits per heavy atom. The normalized spacial score (nSPS) is 12.0. The average molecular weight is 571 g/mol. The van der Waals surface area contributed by atoms with Gasteiger partial charge in [-0.1, -0.05) is 6.07 Å². The van der Waals surface area contributed by atoms with Crippen LogP contribution >= 0.6 is 47.8 Å². The maximum Gasteiger partial charge on any atom is 0.446 e. The fraction of sp³-hybridized carbons (Fsp3) is 0. The van der Waals surface area contributed by atoms with E-state index in [0.29, 0.717) is 10.0 Å². The van der Waals surface area contributed by atoms with Crippen LogP contribution in [0.5, 0.6) is 5.75 Å². The van der Waals surface area contributed by atoms with Crippen molar-refractivity contribution in [3.8, 4) is 5.75 Å². The van der Waals surface area contributed by atoms with E-state index in [1.54, 1.807) is 30.5 Å². The molecule has 2 rings (SSSR count). The molecule has 0 saturated carbocycles. The van der Waals surface area contributed by atoms with E-state index in [0.717, 1.165) is 14.6 Å². The zero-order valence-electron chi connectivity index (χ0n) is 12.7. The molecule has 3 N–H and O–H groups in total. The smallest absolute Gasteiger partial charge is 0.361 e. The number of carbonyl (C=O) groups is 1. The molecule has 11 heteroatoms. The van der Waals surface area contributed by atoms with Gasteiger partial charge in [-0.25, -0.2) is 0 Å². The lowest BCUT2D eigenvalue weighted by Crippen LogP contribution is -2.13. The van der Waals surface area contributed by atoms with Crippen LogP contribution in [0.1, 0.15) is 11.3 Å². The van der Waals surface area contributed by atoms with Gasteiger partial charge in [0.05, 0.1) is 14.6 Å². The topological polar surface area (TPSA) is 108 Å². The van der Waals surface area contributed by atoms with Crippen molar-refractivity contribution in [3.63, 3.8) is 0 Å². The Kier molecular flexibility index (Phi) is 7.24. The van der Waals surface area contributed by atoms with Crippen molar-refractivity contribution in [1.82, 2.24) is 10.3 Å². The van der Waals surface area contributed by atoms with E-state index in [2.05, 4.69) is 62.3 Å². The molecule has 0 bridgehead atoms. The van der Waals surface area contributed by atoms with Gasteiger partial charge in [0, 0.05) is 22.9 Å². The van der Waals surface area contributed by atoms with Crippen molar-refractivity contribution in [3.05, 3.63) is 61.3 Å². The molecule has 138 valence electrons. The van der Waals surface area contributed by atoms with Gasteiger partial charge in [0.2, 0.25) is 5.91 Å². The zero-order valence-corrected chi connectivity index (χ0v) is 18.3. The predicted molar refractivity (Wildman–Crippen MR) is 109 cm³/mol. The molecule has 0 fully saturated rings. The monoisotopic (exact) mass is 568 g/mol. The second-order valence-electron chi connectivity index (χ2n) is 4.74. The third-order valence-corrected chi connectivity index (χ3v) is 5.88. The van der Waals surface area contributed by atoms with Crippen LogP contribution in [0.15, 0.2) is 50.1 Å². The first kappa shape index (κ1) is 20.9. The van der Waals surface area contributed by atoms with E-state index in [-0.39, 0.29) is 11.7 Å². The van der Waals surface area contributed by atoms with Gasteiger partial charge in [-0.2, -0.15) is 8.42 Å². The molecule has 1 aromatic carbocycles. The average Bonchev–Trinajstić information content (AvgIpc) is 2.86. The minimum absolute atomic E-state index is 0.0562. The van der Waals surface area contributed by atoms with Crippen LogP contribution in [-0.4, -0.2) is 23.9 Å². The Hall–Kier alpha value is -1.40. The second kappa shape index (κ2) is 9.00. The van der Waals surface area contributed by atoms with Gasteiger partial charge in [0.15, 0.2) is 5.75 Å². The Balaban J connectivity index is 1.96. The maximum atomic E-state index is 11.8. The molecular weight excluding hydrogens is 560 g/mol. The van der Waals surface area contributed by atoms with Gasteiger partial charge in [-0.05, 0) is 77.6 Å². The molecule has 0 aliphatic heterocycles. The third kappa shape index (κ3) is 6.40. The minimum Gasteiger partial charge on any atom is -0.361 e. The first-order valence-electron chi connectivity index (χ1n) is 6.79. The predicted octanol–water partition coefficient (Wildman–Crippen LogP) is 4.28. The van der Waals surface area contributed by atoms with Crippen LogP contribution in [0.3, 0.4) is 0 Å². The number of amides is 1. The highest BCUT2D eigenvalue weighted by Crippen LogP contribution is 2.28. The summed E-state index contributed by atoms with van der Waals surface area (Å²) >= 11 is 9.84. The lowest BCUT2D eigenvalue weighted by molar-refractivity contribution is -0.115. The third-order valence-electron chi connectivity index (χ3n) is 2.85. The number of rotatable bonds is 6. The number of aromatic nitrogens is 1. The number of benzene rings is 1. The lowest BCUT2D eigenvalue weighted by Gasteiger charge is -2.04. The molecule has 0 atom stereocenters. The van der Waals surface area contributed by atoms with Crippen molar-refractivity contribution in [2.75, 3.05) is 0 Å². The first-order chi connectivity index (χ1) is 12.2. The summed E-state index contributed by atoms with van der Waals surface area (Å²) in [5, 5.41) is 2.57. The molecule has 0 saturated heterocycles. The van der Waals surface area contributed by atoms with Gasteiger partial charge in [0.1, 0.15) is 0 Å². The number of hydrogen-bond donors (Lipinski definition) is 3. The van der Waals surface area contributed by atoms with Crippen LogP contribution in [0, 0.1) is 0 Å². The standard InChI is InChI=1S/C15H11Br3N2O5S/c16-10-7-9(1-3-13(10)25-26(22,23)24)5-6-19-14(21)4-2-12-15(18)11(17)8-20-12/h1-8,20H,(H,19,21)(H,22,23,24)/b4-2+,6-5+. The highest BCUT2D eigenvalue weighted by atomic mass is 79.9. The number of nitrogens with one attached hydrogen (secondary N) is 2. The second-order valence-corrected chi connectivity index (χ2v) is 8.26. The van der Waals surface area contributed by atoms with Crippen LogP contribution in [0.4, 0.5) is 0 Å². The van der Waals surface area contributed by atoms with E-state index in [9.17, 15) is 13.2 Å². The quantitative estimate of drug-likeness (QED) is 0.355. The molecular formula is C15H11Br3N2O5S. The van der Waals surface area contributed by atoms with Crippen LogP contribution < -0.4 is 9.50 Å². The summed E-state index contributed by atoms with van der Waals surface area (Å²) in [5.41, 5.74) is 1.41. The highest BCUT2D eigenvalue weighted by Gasteiger charge is 2.10. The summed E-state index contributed by atoms with van der Waals surface area (Å²) in [6.45, 7) is 0. The number of hydrogen-bond acceptors (Lipinski definition) is 4. The fourth-order valence-electron chi connectivity index (χ4n) is 1.75. The molecule has 26 heavy (non-hydrogen) atoms. The lowest BCUT2D eigenvalue weighted by atomic mass is 10.2. The maximum absolute atomic E-state index is 11.8. The molecule has 2 aromatic rings. The Morgan fingerprint density at radius 2 is 1.92 bits per heavy atom. The Bertz CT molecular complexity index is 983. The number of H-pyrrole nitrogens is 1. The molecule has 0 aliphatic carbocycles. The Labute approximate surface area is 174 Å². The first-order valence-corrected chi connectivity index (χ1v) is 10.5. The van der Waals surface area contributed by atoms with Crippen molar-refractivity contribution < 1.29 is 21.9 Å².